The van der Waals surface area contributed by atoms with Crippen LogP contribution >= 0.6 is 0 Å². The molecule has 35 heavy (non-hydrogen) atoms. The van der Waals surface area contributed by atoms with E-state index in [1.165, 1.54) is 6.33 Å². The fourth-order valence-corrected chi connectivity index (χ4v) is 5.36. The highest BCUT2D eigenvalue weighted by atomic mass is 16.2. The summed E-state index contributed by atoms with van der Waals surface area (Å²) in [7, 11) is 0. The van der Waals surface area contributed by atoms with Crippen molar-refractivity contribution >= 4 is 23.4 Å². The SMILES string of the molecule is CC1(C(=O)NCc2ccccc2)Cn2cnc(C(=O)N3CCc4ccccc43)c2C(=O)N1C1CC1. The zero-order valence-electron chi connectivity index (χ0n) is 19.6. The smallest absolute Gasteiger partial charge is 0.279 e. The summed E-state index contributed by atoms with van der Waals surface area (Å²) in [6, 6.07) is 17.5. The number of benzene rings is 2. The number of carbonyl (C=O) groups excluding carboxylic acids is 3. The number of imidazole rings is 1. The molecule has 0 saturated heterocycles. The lowest BCUT2D eigenvalue weighted by Gasteiger charge is -2.44. The summed E-state index contributed by atoms with van der Waals surface area (Å²) in [5.41, 5.74) is 2.34. The first-order chi connectivity index (χ1) is 17.0. The number of nitrogens with zero attached hydrogens (tertiary/aromatic N) is 4. The Morgan fingerprint density at radius 3 is 2.60 bits per heavy atom. The monoisotopic (exact) mass is 469 g/mol. The fourth-order valence-electron chi connectivity index (χ4n) is 5.36. The number of hydrogen-bond donors (Lipinski definition) is 1. The van der Waals surface area contributed by atoms with Crippen molar-refractivity contribution in [2.24, 2.45) is 0 Å². The normalized spacial score (nSPS) is 21.0. The lowest BCUT2D eigenvalue weighted by Crippen LogP contribution is -2.64. The summed E-state index contributed by atoms with van der Waals surface area (Å²) >= 11 is 0. The second kappa shape index (κ2) is 8.08. The number of para-hydroxylation sites is 1. The minimum Gasteiger partial charge on any atom is -0.350 e. The molecule has 3 amide bonds. The van der Waals surface area contributed by atoms with E-state index in [1.54, 1.807) is 14.4 Å². The van der Waals surface area contributed by atoms with E-state index < -0.39 is 5.54 Å². The second-order valence-electron chi connectivity index (χ2n) is 9.75. The van der Waals surface area contributed by atoms with Crippen LogP contribution < -0.4 is 10.2 Å². The van der Waals surface area contributed by atoms with Crippen LogP contribution in [0.4, 0.5) is 5.69 Å². The van der Waals surface area contributed by atoms with Gasteiger partial charge in [-0.2, -0.15) is 0 Å². The molecule has 1 unspecified atom stereocenters. The molecule has 3 aliphatic rings. The van der Waals surface area contributed by atoms with Crippen LogP contribution in [0.2, 0.25) is 0 Å². The van der Waals surface area contributed by atoms with Gasteiger partial charge in [-0.15, -0.1) is 0 Å². The van der Waals surface area contributed by atoms with Crippen molar-refractivity contribution in [2.45, 2.75) is 50.9 Å². The standard InChI is InChI=1S/C27H27N5O3/c1-27(26(35)28-15-18-7-3-2-4-8-18)16-30-17-29-22(23(30)25(34)32(27)20-11-12-20)24(33)31-14-13-19-9-5-6-10-21(19)31/h2-10,17,20H,11-16H2,1H3,(H,28,35). The van der Waals surface area contributed by atoms with Crippen molar-refractivity contribution in [3.63, 3.8) is 0 Å². The Labute approximate surface area is 203 Å². The second-order valence-corrected chi connectivity index (χ2v) is 9.75. The number of amides is 3. The molecular weight excluding hydrogens is 442 g/mol. The molecule has 1 aromatic heterocycles. The largest absolute Gasteiger partial charge is 0.350 e. The van der Waals surface area contributed by atoms with Gasteiger partial charge in [0, 0.05) is 24.8 Å². The van der Waals surface area contributed by atoms with Crippen molar-refractivity contribution < 1.29 is 14.4 Å². The average Bonchev–Trinajstić information content (AvgIpc) is 3.45. The molecule has 3 aromatic rings. The summed E-state index contributed by atoms with van der Waals surface area (Å²) in [4.78, 5) is 48.6. The van der Waals surface area contributed by atoms with E-state index >= 15 is 0 Å². The van der Waals surface area contributed by atoms with Gasteiger partial charge in [0.15, 0.2) is 5.69 Å². The van der Waals surface area contributed by atoms with Gasteiger partial charge < -0.3 is 19.7 Å². The van der Waals surface area contributed by atoms with Crippen molar-refractivity contribution in [1.29, 1.82) is 0 Å². The van der Waals surface area contributed by atoms with Crippen molar-refractivity contribution in [3.8, 4) is 0 Å². The summed E-state index contributed by atoms with van der Waals surface area (Å²) in [6.45, 7) is 3.01. The molecule has 2 aliphatic heterocycles. The number of carbonyl (C=O) groups is 3. The zero-order valence-corrected chi connectivity index (χ0v) is 19.6. The first-order valence-corrected chi connectivity index (χ1v) is 12.1. The van der Waals surface area contributed by atoms with Crippen LogP contribution in [-0.4, -0.2) is 50.3 Å². The first-order valence-electron chi connectivity index (χ1n) is 12.1. The highest BCUT2D eigenvalue weighted by Gasteiger charge is 2.54. The third-order valence-electron chi connectivity index (χ3n) is 7.30. The molecule has 178 valence electrons. The van der Waals surface area contributed by atoms with Gasteiger partial charge in [-0.05, 0) is 43.4 Å². The molecule has 1 atom stereocenters. The van der Waals surface area contributed by atoms with Crippen LogP contribution in [0.1, 0.15) is 51.9 Å². The number of fused-ring (bicyclic) bond motifs is 2. The van der Waals surface area contributed by atoms with Crippen molar-refractivity contribution in [2.75, 3.05) is 11.4 Å². The highest BCUT2D eigenvalue weighted by Crippen LogP contribution is 2.39. The fraction of sp³-hybridized carbons (Fsp3) is 0.333. The molecule has 1 N–H and O–H groups in total. The van der Waals surface area contributed by atoms with E-state index in [0.717, 1.165) is 36.1 Å². The molecule has 8 nitrogen and oxygen atoms in total. The lowest BCUT2D eigenvalue weighted by molar-refractivity contribution is -0.133. The van der Waals surface area contributed by atoms with E-state index in [2.05, 4.69) is 10.3 Å². The number of rotatable bonds is 5. The lowest BCUT2D eigenvalue weighted by atomic mass is 9.93. The molecule has 1 saturated carbocycles. The number of hydrogen-bond acceptors (Lipinski definition) is 4. The maximum absolute atomic E-state index is 13.9. The quantitative estimate of drug-likeness (QED) is 0.623. The Balaban J connectivity index is 1.30. The maximum Gasteiger partial charge on any atom is 0.279 e. The molecule has 0 spiro atoms. The van der Waals surface area contributed by atoms with E-state index in [9.17, 15) is 14.4 Å². The van der Waals surface area contributed by atoms with Gasteiger partial charge in [0.1, 0.15) is 11.2 Å². The van der Waals surface area contributed by atoms with E-state index in [4.69, 9.17) is 0 Å². The van der Waals surface area contributed by atoms with E-state index in [-0.39, 0.29) is 41.7 Å². The molecule has 1 aliphatic carbocycles. The molecule has 3 heterocycles. The zero-order chi connectivity index (χ0) is 24.2. The van der Waals surface area contributed by atoms with E-state index in [1.807, 2.05) is 61.5 Å². The summed E-state index contributed by atoms with van der Waals surface area (Å²) in [5.74, 6) is -0.781. The molecule has 1 fully saturated rings. The molecule has 2 aromatic carbocycles. The minimum atomic E-state index is -1.07. The predicted molar refractivity (Wildman–Crippen MR) is 130 cm³/mol. The molecular formula is C27H27N5O3. The predicted octanol–water partition coefficient (Wildman–Crippen LogP) is 2.78. The topological polar surface area (TPSA) is 87.5 Å². The van der Waals surface area contributed by atoms with Gasteiger partial charge >= 0.3 is 0 Å². The third kappa shape index (κ3) is 3.51. The summed E-state index contributed by atoms with van der Waals surface area (Å²) in [5, 5.41) is 3.02. The molecule has 0 radical (unpaired) electrons. The highest BCUT2D eigenvalue weighted by molar-refractivity contribution is 6.13. The first kappa shape index (κ1) is 21.6. The number of anilines is 1. The van der Waals surface area contributed by atoms with Crippen LogP contribution in [-0.2, 0) is 24.3 Å². The van der Waals surface area contributed by atoms with Gasteiger partial charge in [0.2, 0.25) is 5.91 Å². The minimum absolute atomic E-state index is 0.00547. The average molecular weight is 470 g/mol. The van der Waals surface area contributed by atoms with Gasteiger partial charge in [-0.3, -0.25) is 14.4 Å². The number of nitrogens with one attached hydrogen (secondary N) is 1. The van der Waals surface area contributed by atoms with Gasteiger partial charge in [-0.1, -0.05) is 48.5 Å². The Hall–Kier alpha value is -3.94. The van der Waals surface area contributed by atoms with Gasteiger partial charge in [0.05, 0.1) is 12.9 Å². The molecule has 6 rings (SSSR count). The van der Waals surface area contributed by atoms with Crippen molar-refractivity contribution in [3.05, 3.63) is 83.4 Å². The van der Waals surface area contributed by atoms with E-state index in [0.29, 0.717) is 13.1 Å². The van der Waals surface area contributed by atoms with Crippen LogP contribution in [0.25, 0.3) is 0 Å². The Morgan fingerprint density at radius 2 is 1.83 bits per heavy atom. The third-order valence-corrected chi connectivity index (χ3v) is 7.30. The van der Waals surface area contributed by atoms with Crippen LogP contribution in [0.5, 0.6) is 0 Å². The Bertz CT molecular complexity index is 1330. The summed E-state index contributed by atoms with van der Waals surface area (Å²) < 4.78 is 1.68. The van der Waals surface area contributed by atoms with Crippen LogP contribution in [0.3, 0.4) is 0 Å². The maximum atomic E-state index is 13.9. The van der Waals surface area contributed by atoms with Crippen LogP contribution in [0, 0.1) is 0 Å². The van der Waals surface area contributed by atoms with Gasteiger partial charge in [0.25, 0.3) is 11.8 Å². The molecule has 0 bridgehead atoms. The van der Waals surface area contributed by atoms with Gasteiger partial charge in [-0.25, -0.2) is 4.98 Å². The van der Waals surface area contributed by atoms with Crippen LogP contribution in [0.15, 0.2) is 60.9 Å². The Morgan fingerprint density at radius 1 is 1.09 bits per heavy atom. The van der Waals surface area contributed by atoms with Crippen molar-refractivity contribution in [1.82, 2.24) is 19.8 Å². The molecule has 8 heteroatoms. The summed E-state index contributed by atoms with van der Waals surface area (Å²) in [6.07, 6.45) is 4.00. The Kier molecular flexibility index (Phi) is 4.98. The number of aromatic nitrogens is 2.